The van der Waals surface area contributed by atoms with E-state index in [9.17, 15) is 14.4 Å². The summed E-state index contributed by atoms with van der Waals surface area (Å²) >= 11 is 8.37. The zero-order valence-electron chi connectivity index (χ0n) is 14.4. The zero-order chi connectivity index (χ0) is 19.3. The number of furan rings is 1. The van der Waals surface area contributed by atoms with Crippen LogP contribution in [-0.2, 0) is 14.3 Å². The summed E-state index contributed by atoms with van der Waals surface area (Å²) in [7, 11) is 0. The number of carbonyl (C=O) groups excluding carboxylic acids is 3. The highest BCUT2D eigenvalue weighted by Crippen LogP contribution is 2.15. The van der Waals surface area contributed by atoms with Crippen molar-refractivity contribution < 1.29 is 23.5 Å². The maximum Gasteiger partial charge on any atom is 0.308 e. The molecule has 1 aliphatic rings. The summed E-state index contributed by atoms with van der Waals surface area (Å²) in [4.78, 5) is 37.9. The van der Waals surface area contributed by atoms with Gasteiger partial charge in [0.15, 0.2) is 15.5 Å². The van der Waals surface area contributed by atoms with Crippen LogP contribution in [0.1, 0.15) is 30.8 Å². The van der Waals surface area contributed by atoms with E-state index in [4.69, 9.17) is 21.4 Å². The lowest BCUT2D eigenvalue weighted by molar-refractivity contribution is -0.148. The molecule has 0 bridgehead atoms. The molecule has 1 atom stereocenters. The fourth-order valence-electron chi connectivity index (χ4n) is 2.30. The number of ether oxygens (including phenoxy) is 1. The summed E-state index contributed by atoms with van der Waals surface area (Å²) in [5.41, 5.74) is 0. The molecule has 26 heavy (non-hydrogen) atoms. The van der Waals surface area contributed by atoms with Crippen molar-refractivity contribution in [3.8, 4) is 0 Å². The van der Waals surface area contributed by atoms with Gasteiger partial charge in [-0.1, -0.05) is 13.8 Å². The van der Waals surface area contributed by atoms with E-state index in [2.05, 4.69) is 26.6 Å². The lowest BCUT2D eigenvalue weighted by Crippen LogP contribution is -2.60. The van der Waals surface area contributed by atoms with E-state index >= 15 is 0 Å². The first-order chi connectivity index (χ1) is 12.3. The molecule has 8 nitrogen and oxygen atoms in total. The van der Waals surface area contributed by atoms with Gasteiger partial charge in [0, 0.05) is 13.1 Å². The average Bonchev–Trinajstić information content (AvgIpc) is 3.01. The van der Waals surface area contributed by atoms with Gasteiger partial charge in [0.05, 0.1) is 13.0 Å². The molecule has 1 saturated heterocycles. The Bertz CT molecular complexity index is 706. The summed E-state index contributed by atoms with van der Waals surface area (Å²) in [5.74, 6) is -1.09. The Labute approximate surface area is 164 Å². The number of carbonyl (C=O) groups is 3. The molecular formula is C16H20BrN3O5S. The SMILES string of the molecule is CC(C)COC(=O)CC1C(=O)NCCN1C(=S)NC(=O)c1ccc(Br)o1. The fraction of sp³-hybridized carbons (Fsp3) is 0.500. The Balaban J connectivity index is 2.01. The number of piperazine rings is 1. The molecule has 1 aromatic rings. The Hall–Kier alpha value is -1.94. The molecule has 1 aromatic heterocycles. The van der Waals surface area contributed by atoms with Crippen LogP contribution in [-0.4, -0.2) is 53.5 Å². The highest BCUT2D eigenvalue weighted by molar-refractivity contribution is 9.10. The standard InChI is InChI=1S/C16H20BrN3O5S/c1-9(2)8-24-13(21)7-10-14(22)18-5-6-20(10)16(26)19-15(23)11-3-4-12(17)25-11/h3-4,9-10H,5-8H2,1-2H3,(H,18,22)(H,19,23,26). The number of amides is 2. The van der Waals surface area contributed by atoms with E-state index in [0.29, 0.717) is 17.8 Å². The highest BCUT2D eigenvalue weighted by atomic mass is 79.9. The number of halogens is 1. The predicted octanol–water partition coefficient (Wildman–Crippen LogP) is 1.45. The maximum absolute atomic E-state index is 12.2. The molecule has 2 amide bonds. The Morgan fingerprint density at radius 2 is 2.23 bits per heavy atom. The monoisotopic (exact) mass is 445 g/mol. The second kappa shape index (κ2) is 9.13. The molecule has 0 radical (unpaired) electrons. The van der Waals surface area contributed by atoms with Gasteiger partial charge in [0.2, 0.25) is 5.91 Å². The van der Waals surface area contributed by atoms with E-state index < -0.39 is 17.9 Å². The van der Waals surface area contributed by atoms with Crippen molar-refractivity contribution in [2.75, 3.05) is 19.7 Å². The smallest absolute Gasteiger partial charge is 0.308 e. The van der Waals surface area contributed by atoms with E-state index in [0.717, 1.165) is 0 Å². The van der Waals surface area contributed by atoms with Gasteiger partial charge in [-0.05, 0) is 46.2 Å². The van der Waals surface area contributed by atoms with Gasteiger partial charge in [-0.2, -0.15) is 0 Å². The predicted molar refractivity (Wildman–Crippen MR) is 100 cm³/mol. The van der Waals surface area contributed by atoms with Crippen LogP contribution in [0.15, 0.2) is 21.2 Å². The quantitative estimate of drug-likeness (QED) is 0.522. The van der Waals surface area contributed by atoms with Crippen LogP contribution < -0.4 is 10.6 Å². The third kappa shape index (κ3) is 5.53. The van der Waals surface area contributed by atoms with Gasteiger partial charge in [0.1, 0.15) is 6.04 Å². The highest BCUT2D eigenvalue weighted by Gasteiger charge is 2.34. The summed E-state index contributed by atoms with van der Waals surface area (Å²) < 4.78 is 10.7. The van der Waals surface area contributed by atoms with Crippen molar-refractivity contribution in [3.05, 3.63) is 22.6 Å². The molecule has 1 aliphatic heterocycles. The Morgan fingerprint density at radius 3 is 2.85 bits per heavy atom. The van der Waals surface area contributed by atoms with Gasteiger partial charge in [-0.3, -0.25) is 19.7 Å². The molecule has 2 rings (SSSR count). The number of esters is 1. The number of hydrogen-bond donors (Lipinski definition) is 2. The van der Waals surface area contributed by atoms with Crippen LogP contribution in [0.4, 0.5) is 0 Å². The zero-order valence-corrected chi connectivity index (χ0v) is 16.8. The second-order valence-corrected chi connectivity index (χ2v) is 7.31. The van der Waals surface area contributed by atoms with Crippen molar-refractivity contribution in [1.82, 2.24) is 15.5 Å². The topological polar surface area (TPSA) is 101 Å². The van der Waals surface area contributed by atoms with Gasteiger partial charge in [0.25, 0.3) is 5.91 Å². The minimum Gasteiger partial charge on any atom is -0.465 e. The number of rotatable bonds is 5. The first-order valence-corrected chi connectivity index (χ1v) is 9.28. The largest absolute Gasteiger partial charge is 0.465 e. The molecule has 10 heteroatoms. The van der Waals surface area contributed by atoms with Crippen LogP contribution >= 0.6 is 28.1 Å². The third-order valence-electron chi connectivity index (χ3n) is 3.55. The van der Waals surface area contributed by atoms with Crippen LogP contribution in [0.2, 0.25) is 0 Å². The maximum atomic E-state index is 12.2. The van der Waals surface area contributed by atoms with Crippen LogP contribution in [0, 0.1) is 5.92 Å². The summed E-state index contributed by atoms with van der Waals surface area (Å²) in [6.45, 7) is 4.85. The van der Waals surface area contributed by atoms with Crippen molar-refractivity contribution in [2.45, 2.75) is 26.3 Å². The van der Waals surface area contributed by atoms with Gasteiger partial charge in [-0.15, -0.1) is 0 Å². The van der Waals surface area contributed by atoms with E-state index in [-0.39, 0.29) is 35.7 Å². The first kappa shape index (κ1) is 20.4. The second-order valence-electron chi connectivity index (χ2n) is 6.14. The van der Waals surface area contributed by atoms with Crippen LogP contribution in [0.5, 0.6) is 0 Å². The lowest BCUT2D eigenvalue weighted by Gasteiger charge is -2.36. The van der Waals surface area contributed by atoms with Crippen molar-refractivity contribution >= 4 is 51.0 Å². The fourth-order valence-corrected chi connectivity index (χ4v) is 2.92. The summed E-state index contributed by atoms with van der Waals surface area (Å²) in [6, 6.07) is 2.24. The molecule has 1 fully saturated rings. The molecule has 142 valence electrons. The lowest BCUT2D eigenvalue weighted by atomic mass is 10.1. The molecule has 0 aliphatic carbocycles. The van der Waals surface area contributed by atoms with Crippen LogP contribution in [0.3, 0.4) is 0 Å². The Kier molecular flexibility index (Phi) is 7.15. The summed E-state index contributed by atoms with van der Waals surface area (Å²) in [6.07, 6.45) is -0.152. The van der Waals surface area contributed by atoms with Crippen molar-refractivity contribution in [1.29, 1.82) is 0 Å². The van der Waals surface area contributed by atoms with Crippen molar-refractivity contribution in [2.24, 2.45) is 5.92 Å². The first-order valence-electron chi connectivity index (χ1n) is 8.08. The molecule has 0 spiro atoms. The molecule has 0 aromatic carbocycles. The van der Waals surface area contributed by atoms with Crippen LogP contribution in [0.25, 0.3) is 0 Å². The minimum absolute atomic E-state index is 0.0547. The number of hydrogen-bond acceptors (Lipinski definition) is 6. The molecule has 1 unspecified atom stereocenters. The van der Waals surface area contributed by atoms with E-state index in [1.165, 1.54) is 11.0 Å². The van der Waals surface area contributed by atoms with Gasteiger partial charge in [-0.25, -0.2) is 0 Å². The summed E-state index contributed by atoms with van der Waals surface area (Å²) in [5, 5.41) is 5.27. The average molecular weight is 446 g/mol. The van der Waals surface area contributed by atoms with E-state index in [1.807, 2.05) is 13.8 Å². The normalized spacial score (nSPS) is 17.0. The van der Waals surface area contributed by atoms with Gasteiger partial charge < -0.3 is 19.4 Å². The van der Waals surface area contributed by atoms with Gasteiger partial charge >= 0.3 is 5.97 Å². The minimum atomic E-state index is -0.834. The van der Waals surface area contributed by atoms with Crippen molar-refractivity contribution in [3.63, 3.8) is 0 Å². The number of nitrogens with one attached hydrogen (secondary N) is 2. The molecule has 2 N–H and O–H groups in total. The molecule has 0 saturated carbocycles. The number of nitrogens with zero attached hydrogens (tertiary/aromatic N) is 1. The Morgan fingerprint density at radius 1 is 1.50 bits per heavy atom. The third-order valence-corrected chi connectivity index (χ3v) is 4.31. The number of thiocarbonyl (C=S) groups is 1. The molecular weight excluding hydrogens is 426 g/mol. The van der Waals surface area contributed by atoms with E-state index in [1.54, 1.807) is 6.07 Å². The molecule has 2 heterocycles.